The van der Waals surface area contributed by atoms with Crippen LogP contribution in [0.25, 0.3) is 33.2 Å². The van der Waals surface area contributed by atoms with Crippen molar-refractivity contribution in [3.63, 3.8) is 0 Å². The van der Waals surface area contributed by atoms with Crippen LogP contribution in [-0.4, -0.2) is 115 Å². The molecule has 0 radical (unpaired) electrons. The maximum Gasteiger partial charge on any atom is 0.257 e. The van der Waals surface area contributed by atoms with Crippen LogP contribution in [0.15, 0.2) is 96.9 Å². The maximum absolute atomic E-state index is 15.5. The highest BCUT2D eigenvalue weighted by atomic mass is 19.1. The molecule has 62 heavy (non-hydrogen) atoms. The van der Waals surface area contributed by atoms with Crippen molar-refractivity contribution in [1.82, 2.24) is 43.8 Å². The van der Waals surface area contributed by atoms with E-state index in [1.165, 1.54) is 6.07 Å². The van der Waals surface area contributed by atoms with Gasteiger partial charge in [-0.1, -0.05) is 0 Å². The number of amides is 2. The summed E-state index contributed by atoms with van der Waals surface area (Å²) in [6, 6.07) is 14.7. The van der Waals surface area contributed by atoms with Gasteiger partial charge in [0.2, 0.25) is 0 Å². The van der Waals surface area contributed by atoms with Crippen LogP contribution in [0.3, 0.4) is 0 Å². The first-order valence-corrected chi connectivity index (χ1v) is 20.6. The normalized spacial score (nSPS) is 16.2. The zero-order chi connectivity index (χ0) is 42.5. The van der Waals surface area contributed by atoms with E-state index in [4.69, 9.17) is 4.98 Å². The van der Waals surface area contributed by atoms with Crippen LogP contribution in [0.2, 0.25) is 0 Å². The molecule has 0 saturated carbocycles. The van der Waals surface area contributed by atoms with E-state index in [1.807, 2.05) is 54.2 Å². The summed E-state index contributed by atoms with van der Waals surface area (Å²) < 4.78 is 18.9. The first-order chi connectivity index (χ1) is 30.2. The molecule has 312 valence electrons. The van der Waals surface area contributed by atoms with Crippen LogP contribution < -0.4 is 20.4 Å². The summed E-state index contributed by atoms with van der Waals surface area (Å²) in [5.41, 5.74) is 8.72. The number of aliphatic imine (C=N–C) groups is 1. The molecule has 2 saturated heterocycles. The Bertz CT molecular complexity index is 3090. The third-order valence-electron chi connectivity index (χ3n) is 11.9. The molecule has 1 atom stereocenters. The van der Waals surface area contributed by atoms with Crippen molar-refractivity contribution in [3.05, 3.63) is 120 Å². The highest BCUT2D eigenvalue weighted by molar-refractivity contribution is 6.14. The van der Waals surface area contributed by atoms with E-state index in [-0.39, 0.29) is 17.2 Å². The van der Waals surface area contributed by atoms with E-state index in [9.17, 15) is 9.59 Å². The zero-order valence-electron chi connectivity index (χ0n) is 34.5. The fourth-order valence-electron chi connectivity index (χ4n) is 8.61. The van der Waals surface area contributed by atoms with Crippen LogP contribution in [0, 0.1) is 5.82 Å². The largest absolute Gasteiger partial charge is 0.368 e. The van der Waals surface area contributed by atoms with Crippen molar-refractivity contribution >= 4 is 73.5 Å². The van der Waals surface area contributed by atoms with Crippen molar-refractivity contribution in [2.75, 3.05) is 67.8 Å². The lowest BCUT2D eigenvalue weighted by Crippen LogP contribution is -2.31. The number of pyridine rings is 2. The molecule has 2 aliphatic rings. The molecule has 17 heteroatoms. The number of hydrogen-bond donors (Lipinski definition) is 2. The standard InChI is InChI=1S/C45H43FN14O2/c1-47-27-13-18-57(21-27)37-9-7-34(40-33(37)12-15-50-55-40)44(61)53-30-6-11-39-51-28(22-59(39)23-30)4-5-29-24-60-25-31(20-36(46)43(60)52-29)54-45(62)35-8-10-38(42-41(35)48-16-17-49-42)58-19-14-32(26-58)56(2)3/h6-12,15-17,20,22-25,32H,4-5,13-14,18-19,21,26H2,1-3H3,(H,53,61)(H,54,62). The Morgan fingerprint density at radius 3 is 2.29 bits per heavy atom. The van der Waals surface area contributed by atoms with Gasteiger partial charge in [-0.3, -0.25) is 24.5 Å². The van der Waals surface area contributed by atoms with Crippen molar-refractivity contribution in [1.29, 1.82) is 0 Å². The first-order valence-electron chi connectivity index (χ1n) is 20.6. The fraction of sp³-hybridized carbons (Fsp3) is 0.267. The van der Waals surface area contributed by atoms with Gasteiger partial charge in [0.15, 0.2) is 11.5 Å². The van der Waals surface area contributed by atoms with E-state index in [1.54, 1.807) is 47.5 Å². The number of aromatic nitrogens is 8. The van der Waals surface area contributed by atoms with E-state index in [2.05, 4.69) is 69.6 Å². The number of imidazole rings is 2. The third-order valence-corrected chi connectivity index (χ3v) is 11.9. The highest BCUT2D eigenvalue weighted by Gasteiger charge is 2.27. The third kappa shape index (κ3) is 7.29. The molecule has 0 bridgehead atoms. The lowest BCUT2D eigenvalue weighted by Gasteiger charge is -2.23. The van der Waals surface area contributed by atoms with Crippen molar-refractivity contribution in [2.45, 2.75) is 31.7 Å². The van der Waals surface area contributed by atoms with Gasteiger partial charge in [0.05, 0.1) is 52.3 Å². The number of carbonyl (C=O) groups is 2. The summed E-state index contributed by atoms with van der Waals surface area (Å²) in [6.45, 7) is 3.34. The molecule has 1 unspecified atom stereocenters. The topological polar surface area (TPSA) is 166 Å². The number of carbonyl (C=O) groups excluding carboxylic acids is 2. The number of aryl methyl sites for hydroxylation is 2. The van der Waals surface area contributed by atoms with Crippen LogP contribution in [-0.2, 0) is 12.8 Å². The molecule has 2 aromatic carbocycles. The number of hydrogen-bond acceptors (Lipinski definition) is 12. The van der Waals surface area contributed by atoms with Gasteiger partial charge in [-0.05, 0) is 75.8 Å². The zero-order valence-corrected chi connectivity index (χ0v) is 34.5. The number of nitrogens with one attached hydrogen (secondary N) is 2. The molecule has 10 rings (SSSR count). The number of fused-ring (bicyclic) bond motifs is 4. The lowest BCUT2D eigenvalue weighted by atomic mass is 10.1. The average molecular weight is 831 g/mol. The van der Waals surface area contributed by atoms with Crippen LogP contribution in [0.1, 0.15) is 44.9 Å². The summed E-state index contributed by atoms with van der Waals surface area (Å²) >= 11 is 0. The molecule has 16 nitrogen and oxygen atoms in total. The molecule has 2 aliphatic heterocycles. The molecule has 2 N–H and O–H groups in total. The van der Waals surface area contributed by atoms with Crippen LogP contribution in [0.4, 0.5) is 27.1 Å². The fourth-order valence-corrected chi connectivity index (χ4v) is 8.61. The number of rotatable bonds is 10. The first kappa shape index (κ1) is 38.8. The Balaban J connectivity index is 0.811. The van der Waals surface area contributed by atoms with E-state index in [0.717, 1.165) is 67.2 Å². The molecule has 8 heterocycles. The lowest BCUT2D eigenvalue weighted by molar-refractivity contribution is 0.102. The Morgan fingerprint density at radius 1 is 0.790 bits per heavy atom. The SMILES string of the molecule is CN=C1CCN(c2ccc(C(=O)Nc3ccc4nc(CCc5cn6cc(NC(=O)c7ccc(N8CCC(N(C)C)C8)c8nccnc78)cc(F)c6n5)cn4c3)c3nnccc23)C1. The van der Waals surface area contributed by atoms with Crippen molar-refractivity contribution in [3.8, 4) is 0 Å². The van der Waals surface area contributed by atoms with Gasteiger partial charge in [0, 0.05) is 99.2 Å². The number of nitrogens with zero attached hydrogens (tertiary/aromatic N) is 12. The average Bonchev–Trinajstić information content (AvgIpc) is 4.11. The summed E-state index contributed by atoms with van der Waals surface area (Å²) in [5, 5.41) is 15.2. The number of anilines is 4. The second kappa shape index (κ2) is 15.9. The number of benzene rings is 2. The predicted octanol–water partition coefficient (Wildman–Crippen LogP) is 5.72. The maximum atomic E-state index is 15.5. The monoisotopic (exact) mass is 830 g/mol. The minimum absolute atomic E-state index is 0.153. The summed E-state index contributed by atoms with van der Waals surface area (Å²) in [4.78, 5) is 56.9. The molecular weight excluding hydrogens is 788 g/mol. The molecule has 8 aromatic rings. The van der Waals surface area contributed by atoms with Crippen LogP contribution >= 0.6 is 0 Å². The number of likely N-dealkylation sites (N-methyl/N-ethyl adjacent to an activating group) is 1. The van der Waals surface area contributed by atoms with Gasteiger partial charge in [-0.2, -0.15) is 5.10 Å². The molecule has 0 spiro atoms. The Labute approximate surface area is 355 Å². The van der Waals surface area contributed by atoms with Gasteiger partial charge in [-0.25, -0.2) is 14.4 Å². The predicted molar refractivity (Wildman–Crippen MR) is 237 cm³/mol. The van der Waals surface area contributed by atoms with Gasteiger partial charge in [0.1, 0.15) is 22.2 Å². The Kier molecular flexibility index (Phi) is 9.94. The second-order valence-electron chi connectivity index (χ2n) is 16.0. The minimum Gasteiger partial charge on any atom is -0.368 e. The van der Waals surface area contributed by atoms with Crippen molar-refractivity contribution in [2.24, 2.45) is 4.99 Å². The highest BCUT2D eigenvalue weighted by Crippen LogP contribution is 2.32. The Hall–Kier alpha value is -7.40. The van der Waals surface area contributed by atoms with E-state index < -0.39 is 11.7 Å². The number of halogens is 1. The molecule has 2 amide bonds. The van der Waals surface area contributed by atoms with Gasteiger partial charge < -0.3 is 34.1 Å². The Morgan fingerprint density at radius 2 is 1.52 bits per heavy atom. The van der Waals surface area contributed by atoms with Crippen LogP contribution in [0.5, 0.6) is 0 Å². The van der Waals surface area contributed by atoms with Gasteiger partial charge >= 0.3 is 0 Å². The molecular formula is C45H43FN14O2. The van der Waals surface area contributed by atoms with Gasteiger partial charge in [0.25, 0.3) is 11.8 Å². The smallest absolute Gasteiger partial charge is 0.257 e. The summed E-state index contributed by atoms with van der Waals surface area (Å²) in [7, 11) is 5.99. The quantitative estimate of drug-likeness (QED) is 0.173. The molecule has 6 aromatic heterocycles. The van der Waals surface area contributed by atoms with Crippen molar-refractivity contribution < 1.29 is 14.0 Å². The second-order valence-corrected chi connectivity index (χ2v) is 16.0. The van der Waals surface area contributed by atoms with Gasteiger partial charge in [-0.15, -0.1) is 5.10 Å². The van der Waals surface area contributed by atoms with E-state index in [0.29, 0.717) is 63.6 Å². The summed E-state index contributed by atoms with van der Waals surface area (Å²) in [6.07, 6.45) is 14.9. The summed E-state index contributed by atoms with van der Waals surface area (Å²) in [5.74, 6) is -1.28. The van der Waals surface area contributed by atoms with E-state index >= 15 is 4.39 Å². The molecule has 2 fully saturated rings. The molecule has 0 aliphatic carbocycles. The minimum atomic E-state index is -0.566.